The summed E-state index contributed by atoms with van der Waals surface area (Å²) in [5.41, 5.74) is 5.98. The summed E-state index contributed by atoms with van der Waals surface area (Å²) < 4.78 is 11.0. The summed E-state index contributed by atoms with van der Waals surface area (Å²) in [6.45, 7) is 1.47. The van der Waals surface area contributed by atoms with Gasteiger partial charge in [0, 0.05) is 6.54 Å². The summed E-state index contributed by atoms with van der Waals surface area (Å²) in [7, 11) is 0. The van der Waals surface area contributed by atoms with Crippen molar-refractivity contribution in [1.82, 2.24) is 5.32 Å². The molecule has 5 nitrogen and oxygen atoms in total. The van der Waals surface area contributed by atoms with Crippen LogP contribution in [-0.4, -0.2) is 31.2 Å². The predicted molar refractivity (Wildman–Crippen MR) is 65.9 cm³/mol. The predicted octanol–water partition coefficient (Wildman–Crippen LogP) is 0.679. The molecule has 3 rings (SSSR count). The van der Waals surface area contributed by atoms with Crippen LogP contribution in [0, 0.1) is 0 Å². The van der Waals surface area contributed by atoms with Gasteiger partial charge >= 0.3 is 0 Å². The molecule has 18 heavy (non-hydrogen) atoms. The number of para-hydroxylation sites is 1. The maximum Gasteiger partial charge on any atom is 0.255 e. The third-order valence-electron chi connectivity index (χ3n) is 3.43. The Morgan fingerprint density at radius 2 is 2.11 bits per heavy atom. The van der Waals surface area contributed by atoms with Crippen molar-refractivity contribution < 1.29 is 14.3 Å². The van der Waals surface area contributed by atoms with Crippen molar-refractivity contribution in [3.63, 3.8) is 0 Å². The van der Waals surface area contributed by atoms with Gasteiger partial charge < -0.3 is 20.5 Å². The maximum atomic E-state index is 12.2. The van der Waals surface area contributed by atoms with Gasteiger partial charge in [-0.25, -0.2) is 0 Å². The van der Waals surface area contributed by atoms with E-state index < -0.39 is 0 Å². The van der Waals surface area contributed by atoms with E-state index in [0.717, 1.165) is 12.8 Å². The maximum absolute atomic E-state index is 12.2. The van der Waals surface area contributed by atoms with Gasteiger partial charge in [0.25, 0.3) is 5.91 Å². The first-order chi connectivity index (χ1) is 8.74. The van der Waals surface area contributed by atoms with Gasteiger partial charge in [-0.05, 0) is 25.0 Å². The number of nitrogens with two attached hydrogens (primary N) is 1. The van der Waals surface area contributed by atoms with E-state index in [1.165, 1.54) is 0 Å². The van der Waals surface area contributed by atoms with E-state index in [0.29, 0.717) is 36.8 Å². The number of carbonyl (C=O) groups is 1. The number of nitrogens with one attached hydrogen (secondary N) is 1. The molecule has 3 N–H and O–H groups in total. The first-order valence-electron chi connectivity index (χ1n) is 6.15. The van der Waals surface area contributed by atoms with Gasteiger partial charge in [-0.2, -0.15) is 0 Å². The zero-order valence-electron chi connectivity index (χ0n) is 10.1. The number of ether oxygens (including phenoxy) is 2. The molecule has 0 saturated heterocycles. The number of fused-ring (bicyclic) bond motifs is 1. The second-order valence-corrected chi connectivity index (χ2v) is 4.77. The summed E-state index contributed by atoms with van der Waals surface area (Å²) in [5.74, 6) is 1.03. The Hall–Kier alpha value is -1.75. The van der Waals surface area contributed by atoms with Gasteiger partial charge in [0.2, 0.25) is 0 Å². The Morgan fingerprint density at radius 1 is 1.33 bits per heavy atom. The molecule has 1 fully saturated rings. The van der Waals surface area contributed by atoms with Crippen molar-refractivity contribution in [1.29, 1.82) is 0 Å². The molecule has 0 unspecified atom stereocenters. The van der Waals surface area contributed by atoms with Crippen LogP contribution in [0.3, 0.4) is 0 Å². The molecule has 0 atom stereocenters. The van der Waals surface area contributed by atoms with Gasteiger partial charge in [-0.15, -0.1) is 0 Å². The van der Waals surface area contributed by atoms with Gasteiger partial charge in [-0.3, -0.25) is 4.79 Å². The van der Waals surface area contributed by atoms with Crippen LogP contribution in [0.2, 0.25) is 0 Å². The molecule has 0 radical (unpaired) electrons. The molecule has 1 aromatic carbocycles. The number of hydrogen-bond acceptors (Lipinski definition) is 4. The molecule has 0 spiro atoms. The normalized spacial score (nSPS) is 19.2. The smallest absolute Gasteiger partial charge is 0.255 e. The number of amides is 1. The topological polar surface area (TPSA) is 73.6 Å². The number of benzene rings is 1. The first-order valence-corrected chi connectivity index (χ1v) is 6.15. The van der Waals surface area contributed by atoms with Crippen LogP contribution < -0.4 is 20.5 Å². The average molecular weight is 248 g/mol. The molecule has 1 amide bonds. The summed E-state index contributed by atoms with van der Waals surface area (Å²) in [4.78, 5) is 12.2. The highest BCUT2D eigenvalue weighted by atomic mass is 16.6. The Morgan fingerprint density at radius 3 is 2.83 bits per heavy atom. The SMILES string of the molecule is NCC1(NC(=O)c2cccc3c2OCCO3)CC1. The number of hydrogen-bond donors (Lipinski definition) is 2. The van der Waals surface area contributed by atoms with Gasteiger partial charge in [-0.1, -0.05) is 6.07 Å². The highest BCUT2D eigenvalue weighted by Gasteiger charge is 2.43. The first kappa shape index (κ1) is 11.3. The molecule has 0 aromatic heterocycles. The zero-order valence-corrected chi connectivity index (χ0v) is 10.1. The minimum absolute atomic E-state index is 0.139. The lowest BCUT2D eigenvalue weighted by molar-refractivity contribution is 0.0922. The van der Waals surface area contributed by atoms with E-state index >= 15 is 0 Å². The van der Waals surface area contributed by atoms with E-state index in [4.69, 9.17) is 15.2 Å². The standard InChI is InChI=1S/C13H16N2O3/c14-8-13(4-5-13)15-12(16)9-2-1-3-10-11(9)18-7-6-17-10/h1-3H,4-8,14H2,(H,15,16). The monoisotopic (exact) mass is 248 g/mol. The summed E-state index contributed by atoms with van der Waals surface area (Å²) >= 11 is 0. The van der Waals surface area contributed by atoms with Gasteiger partial charge in [0.05, 0.1) is 11.1 Å². The summed E-state index contributed by atoms with van der Waals surface area (Å²) in [6.07, 6.45) is 1.89. The van der Waals surface area contributed by atoms with Gasteiger partial charge in [0.15, 0.2) is 11.5 Å². The number of carbonyl (C=O) groups excluding carboxylic acids is 1. The van der Waals surface area contributed by atoms with E-state index in [1.807, 2.05) is 0 Å². The van der Waals surface area contributed by atoms with E-state index in [2.05, 4.69) is 5.32 Å². The van der Waals surface area contributed by atoms with Crippen molar-refractivity contribution in [3.05, 3.63) is 23.8 Å². The van der Waals surface area contributed by atoms with Crippen molar-refractivity contribution in [3.8, 4) is 11.5 Å². The third-order valence-corrected chi connectivity index (χ3v) is 3.43. The molecule has 96 valence electrons. The number of rotatable bonds is 3. The molecule has 1 aliphatic carbocycles. The van der Waals surface area contributed by atoms with Crippen LogP contribution in [0.1, 0.15) is 23.2 Å². The molecule has 1 aromatic rings. The largest absolute Gasteiger partial charge is 0.486 e. The van der Waals surface area contributed by atoms with Crippen LogP contribution in [0.5, 0.6) is 11.5 Å². The van der Waals surface area contributed by atoms with Crippen molar-refractivity contribution in [2.75, 3.05) is 19.8 Å². The molecule has 1 heterocycles. The fourth-order valence-electron chi connectivity index (χ4n) is 2.09. The Labute approximate surface area is 105 Å². The summed E-state index contributed by atoms with van der Waals surface area (Å²) in [6, 6.07) is 5.35. The Kier molecular flexibility index (Phi) is 2.63. The second kappa shape index (κ2) is 4.17. The highest BCUT2D eigenvalue weighted by Crippen LogP contribution is 2.37. The molecule has 5 heteroatoms. The molecule has 1 aliphatic heterocycles. The van der Waals surface area contributed by atoms with E-state index in [-0.39, 0.29) is 11.4 Å². The van der Waals surface area contributed by atoms with Crippen LogP contribution in [-0.2, 0) is 0 Å². The molecular formula is C13H16N2O3. The van der Waals surface area contributed by atoms with E-state index in [9.17, 15) is 4.79 Å². The minimum atomic E-state index is -0.199. The lowest BCUT2D eigenvalue weighted by atomic mass is 10.1. The minimum Gasteiger partial charge on any atom is -0.486 e. The molecular weight excluding hydrogens is 232 g/mol. The quantitative estimate of drug-likeness (QED) is 0.825. The average Bonchev–Trinajstić information content (AvgIpc) is 3.18. The van der Waals surface area contributed by atoms with Crippen LogP contribution >= 0.6 is 0 Å². The van der Waals surface area contributed by atoms with Crippen LogP contribution in [0.15, 0.2) is 18.2 Å². The van der Waals surface area contributed by atoms with E-state index in [1.54, 1.807) is 18.2 Å². The fraction of sp³-hybridized carbons (Fsp3) is 0.462. The van der Waals surface area contributed by atoms with Crippen molar-refractivity contribution in [2.45, 2.75) is 18.4 Å². The molecule has 1 saturated carbocycles. The van der Waals surface area contributed by atoms with Crippen LogP contribution in [0.25, 0.3) is 0 Å². The third kappa shape index (κ3) is 1.90. The van der Waals surface area contributed by atoms with Gasteiger partial charge in [0.1, 0.15) is 13.2 Å². The summed E-state index contributed by atoms with van der Waals surface area (Å²) in [5, 5.41) is 2.98. The second-order valence-electron chi connectivity index (χ2n) is 4.77. The molecule has 0 bridgehead atoms. The molecule has 2 aliphatic rings. The highest BCUT2D eigenvalue weighted by molar-refractivity contribution is 5.98. The Balaban J connectivity index is 1.85. The lowest BCUT2D eigenvalue weighted by Gasteiger charge is -2.22. The lowest BCUT2D eigenvalue weighted by Crippen LogP contribution is -2.42. The Bertz CT molecular complexity index is 483. The van der Waals surface area contributed by atoms with Crippen molar-refractivity contribution in [2.24, 2.45) is 5.73 Å². The fourth-order valence-corrected chi connectivity index (χ4v) is 2.09. The zero-order chi connectivity index (χ0) is 12.6. The van der Waals surface area contributed by atoms with Crippen LogP contribution in [0.4, 0.5) is 0 Å². The van der Waals surface area contributed by atoms with Crippen molar-refractivity contribution >= 4 is 5.91 Å².